The molecule has 21 heavy (non-hydrogen) atoms. The summed E-state index contributed by atoms with van der Waals surface area (Å²) < 4.78 is 5.76. The van der Waals surface area contributed by atoms with E-state index in [0.717, 1.165) is 10.8 Å². The van der Waals surface area contributed by atoms with Crippen LogP contribution in [-0.4, -0.2) is 28.0 Å². The smallest absolute Gasteiger partial charge is 0.354 e. The van der Waals surface area contributed by atoms with Gasteiger partial charge in [-0.25, -0.2) is 0 Å². The average molecular weight is 299 g/mol. The predicted octanol–water partition coefficient (Wildman–Crippen LogP) is 1.29. The van der Waals surface area contributed by atoms with Crippen LogP contribution in [0.15, 0.2) is 30.3 Å². The second-order valence-corrected chi connectivity index (χ2v) is 7.34. The third-order valence-electron chi connectivity index (χ3n) is 3.53. The Morgan fingerprint density at radius 1 is 1.24 bits per heavy atom. The molecule has 3 nitrogen and oxygen atoms in total. The number of hydrogen-bond donors (Lipinski definition) is 0. The van der Waals surface area contributed by atoms with Gasteiger partial charge in [-0.05, 0) is 27.7 Å². The van der Waals surface area contributed by atoms with E-state index in [1.54, 1.807) is 0 Å². The van der Waals surface area contributed by atoms with Crippen LogP contribution in [0.25, 0.3) is 0 Å². The maximum absolute atomic E-state index is 12.6. The van der Waals surface area contributed by atoms with Crippen LogP contribution >= 0.6 is 11.8 Å². The van der Waals surface area contributed by atoms with Gasteiger partial charge in [-0.15, -0.1) is 29.1 Å². The van der Waals surface area contributed by atoms with Gasteiger partial charge >= 0.3 is 18.9 Å². The van der Waals surface area contributed by atoms with E-state index < -0.39 is 5.72 Å². The second-order valence-electron chi connectivity index (χ2n) is 6.17. The van der Waals surface area contributed by atoms with E-state index in [1.807, 2.05) is 69.9 Å². The first-order valence-electron chi connectivity index (χ1n) is 6.79. The molecule has 2 rings (SSSR count). The van der Waals surface area contributed by atoms with Gasteiger partial charge in [0.1, 0.15) is 5.72 Å². The first-order valence-corrected chi connectivity index (χ1v) is 7.61. The number of benzene rings is 1. The summed E-state index contributed by atoms with van der Waals surface area (Å²) in [5.41, 5.74) is 0.260. The Bertz CT molecular complexity index is 474. The van der Waals surface area contributed by atoms with Crippen LogP contribution in [0, 0.1) is 5.25 Å². The molecule has 1 saturated heterocycles. The molecule has 0 N–H and O–H groups in total. The maximum Gasteiger partial charge on any atom is 1.00 e. The van der Waals surface area contributed by atoms with Crippen LogP contribution < -0.4 is 18.9 Å². The van der Waals surface area contributed by atoms with Gasteiger partial charge < -0.3 is 4.74 Å². The van der Waals surface area contributed by atoms with Crippen molar-refractivity contribution in [2.75, 3.05) is 6.61 Å². The van der Waals surface area contributed by atoms with Crippen molar-refractivity contribution in [1.29, 1.82) is 0 Å². The third-order valence-corrected chi connectivity index (χ3v) is 4.42. The van der Waals surface area contributed by atoms with Crippen molar-refractivity contribution in [3.8, 4) is 0 Å². The Kier molecular flexibility index (Phi) is 5.91. The van der Waals surface area contributed by atoms with Crippen LogP contribution in [0.2, 0.25) is 0 Å². The molecule has 1 aliphatic heterocycles. The summed E-state index contributed by atoms with van der Waals surface area (Å²) in [6, 6.07) is 9.98. The van der Waals surface area contributed by atoms with Gasteiger partial charge in [0.25, 0.3) is 5.24 Å². The summed E-state index contributed by atoms with van der Waals surface area (Å²) >= 11 is 1.28. The molecule has 1 amide bonds. The van der Waals surface area contributed by atoms with E-state index in [9.17, 15) is 4.79 Å². The van der Waals surface area contributed by atoms with Gasteiger partial charge in [-0.2, -0.15) is 17.7 Å². The van der Waals surface area contributed by atoms with Crippen molar-refractivity contribution in [3.05, 3.63) is 41.1 Å². The molecule has 110 valence electrons. The summed E-state index contributed by atoms with van der Waals surface area (Å²) in [5.74, 6) is 0. The van der Waals surface area contributed by atoms with Crippen LogP contribution in [0.3, 0.4) is 0 Å². The zero-order valence-electron chi connectivity index (χ0n) is 13.8. The molecule has 5 heteroatoms. The molecule has 1 aromatic rings. The number of thioether (sulfide) groups is 1. The number of rotatable bonds is 2. The van der Waals surface area contributed by atoms with Crippen LogP contribution in [0.5, 0.6) is 0 Å². The fourth-order valence-electron chi connectivity index (χ4n) is 2.59. The Morgan fingerprint density at radius 3 is 2.29 bits per heavy atom. The van der Waals surface area contributed by atoms with Crippen LogP contribution in [-0.2, 0) is 4.74 Å². The van der Waals surface area contributed by atoms with E-state index in [1.165, 1.54) is 11.8 Å². The van der Waals surface area contributed by atoms with Crippen LogP contribution in [0.4, 0.5) is 4.79 Å². The molecule has 0 aromatic heterocycles. The van der Waals surface area contributed by atoms with Crippen molar-refractivity contribution in [2.24, 2.45) is 0 Å². The predicted molar refractivity (Wildman–Crippen MR) is 83.4 cm³/mol. The Balaban J connectivity index is 0.00000220. The van der Waals surface area contributed by atoms with Crippen molar-refractivity contribution in [2.45, 2.75) is 45.9 Å². The Morgan fingerprint density at radius 2 is 1.81 bits per heavy atom. The SMILES string of the molecule is C[C-](SC(=O)N1C(C)(C)COC1(C)C)c1ccccc1.[Li+]. The molecule has 0 unspecified atom stereocenters. The van der Waals surface area contributed by atoms with Crippen molar-refractivity contribution in [1.82, 2.24) is 4.90 Å². The van der Waals surface area contributed by atoms with Crippen molar-refractivity contribution in [3.63, 3.8) is 0 Å². The largest absolute Gasteiger partial charge is 1.00 e. The molecule has 1 heterocycles. The molecule has 1 aliphatic rings. The van der Waals surface area contributed by atoms with Gasteiger partial charge in [0.15, 0.2) is 0 Å². The summed E-state index contributed by atoms with van der Waals surface area (Å²) in [6.45, 7) is 10.5. The van der Waals surface area contributed by atoms with Gasteiger partial charge in [0, 0.05) is 0 Å². The van der Waals surface area contributed by atoms with E-state index in [2.05, 4.69) is 0 Å². The Labute approximate surface area is 144 Å². The molecular formula is C16H22LiNO2S. The van der Waals surface area contributed by atoms with Gasteiger partial charge in [0.05, 0.1) is 12.1 Å². The van der Waals surface area contributed by atoms with E-state index >= 15 is 0 Å². The van der Waals surface area contributed by atoms with Gasteiger partial charge in [-0.3, -0.25) is 9.69 Å². The molecular weight excluding hydrogens is 277 g/mol. The minimum absolute atomic E-state index is 0. The zero-order chi connectivity index (χ0) is 15.0. The first kappa shape index (κ1) is 18.5. The zero-order valence-corrected chi connectivity index (χ0v) is 14.6. The number of carbonyl (C=O) groups is 1. The standard InChI is InChI=1S/C16H22NO2S.Li/c1-12(13-9-7-6-8-10-13)20-14(18)17-15(2,3)11-19-16(17,4)5;/h6-10H,11H2,1-5H3;/q-1;+1. The summed E-state index contributed by atoms with van der Waals surface area (Å²) in [6.07, 6.45) is 0. The van der Waals surface area contributed by atoms with Crippen molar-refractivity contribution < 1.29 is 28.4 Å². The molecule has 0 atom stereocenters. The minimum atomic E-state index is -0.551. The molecule has 0 saturated carbocycles. The molecule has 1 aromatic carbocycles. The maximum atomic E-state index is 12.6. The Hall–Kier alpha value is -0.533. The number of hydrogen-bond acceptors (Lipinski definition) is 3. The second kappa shape index (κ2) is 6.70. The summed E-state index contributed by atoms with van der Waals surface area (Å²) in [5, 5.41) is 1.05. The molecule has 0 radical (unpaired) electrons. The molecule has 0 aliphatic carbocycles. The van der Waals surface area contributed by atoms with Gasteiger partial charge in [0.2, 0.25) is 0 Å². The quantitative estimate of drug-likeness (QED) is 0.609. The minimum Gasteiger partial charge on any atom is -0.354 e. The number of nitrogens with zero attached hydrogens (tertiary/aromatic N) is 1. The average Bonchev–Trinajstić information content (AvgIpc) is 2.59. The monoisotopic (exact) mass is 299 g/mol. The van der Waals surface area contributed by atoms with Gasteiger partial charge in [-0.1, -0.05) is 13.0 Å². The third kappa shape index (κ3) is 4.01. The number of carbonyl (C=O) groups excluding carboxylic acids is 1. The number of ether oxygens (including phenoxy) is 1. The fourth-order valence-corrected chi connectivity index (χ4v) is 3.66. The molecule has 0 bridgehead atoms. The van der Waals surface area contributed by atoms with E-state index in [-0.39, 0.29) is 29.6 Å². The molecule has 1 fully saturated rings. The first-order chi connectivity index (χ1) is 9.24. The fraction of sp³-hybridized carbons (Fsp3) is 0.500. The van der Waals surface area contributed by atoms with E-state index in [4.69, 9.17) is 4.74 Å². The summed E-state index contributed by atoms with van der Waals surface area (Å²) in [4.78, 5) is 14.5. The van der Waals surface area contributed by atoms with Crippen molar-refractivity contribution >= 4 is 17.0 Å². The topological polar surface area (TPSA) is 29.5 Å². The number of amides is 1. The normalized spacial score (nSPS) is 19.0. The molecule has 0 spiro atoms. The summed E-state index contributed by atoms with van der Waals surface area (Å²) in [7, 11) is 0. The van der Waals surface area contributed by atoms with E-state index in [0.29, 0.717) is 6.61 Å². The van der Waals surface area contributed by atoms with Crippen LogP contribution in [0.1, 0.15) is 40.2 Å².